The van der Waals surface area contributed by atoms with Gasteiger partial charge in [0.1, 0.15) is 6.61 Å². The monoisotopic (exact) mass is 367 g/mol. The van der Waals surface area contributed by atoms with Gasteiger partial charge in [-0.3, -0.25) is 4.79 Å². The minimum atomic E-state index is -1.96. The molecule has 2 saturated heterocycles. The molecule has 0 aliphatic carbocycles. The number of nitrogens with zero attached hydrogens (tertiary/aromatic N) is 1. The standard InChI is InChI=1S/C18H25NO7/c1-10-17(3,23)15(21)24-9-12-5-7-19(4)8-6-13(14(12)20)25-16(22)18(10)11(2)26-18/h5,10-11,13,23H,6-9H2,1-4H3/b12-5-. The van der Waals surface area contributed by atoms with Crippen molar-refractivity contribution in [3.63, 3.8) is 0 Å². The number of hydrogen-bond acceptors (Lipinski definition) is 8. The average Bonchev–Trinajstić information content (AvgIpc) is 3.27. The molecule has 144 valence electrons. The van der Waals surface area contributed by atoms with Gasteiger partial charge in [-0.15, -0.1) is 0 Å². The fourth-order valence-corrected chi connectivity index (χ4v) is 3.58. The molecule has 1 spiro atoms. The summed E-state index contributed by atoms with van der Waals surface area (Å²) in [5.41, 5.74) is -3.17. The number of carbonyl (C=O) groups is 3. The lowest BCUT2D eigenvalue weighted by atomic mass is 9.78. The van der Waals surface area contributed by atoms with Crippen LogP contribution in [-0.2, 0) is 28.6 Å². The lowest BCUT2D eigenvalue weighted by Gasteiger charge is -2.31. The highest BCUT2D eigenvalue weighted by atomic mass is 16.7. The molecular weight excluding hydrogens is 342 g/mol. The summed E-state index contributed by atoms with van der Waals surface area (Å²) in [7, 11) is 1.88. The van der Waals surface area contributed by atoms with E-state index in [0.717, 1.165) is 0 Å². The molecule has 3 rings (SSSR count). The number of esters is 2. The highest BCUT2D eigenvalue weighted by Crippen LogP contribution is 2.48. The minimum absolute atomic E-state index is 0.256. The Bertz CT molecular complexity index is 670. The molecule has 2 bridgehead atoms. The van der Waals surface area contributed by atoms with Gasteiger partial charge in [-0.25, -0.2) is 9.59 Å². The second-order valence-electron chi connectivity index (χ2n) is 7.54. The molecular formula is C18H25NO7. The van der Waals surface area contributed by atoms with Crippen LogP contribution in [0.5, 0.6) is 0 Å². The molecule has 0 saturated carbocycles. The highest BCUT2D eigenvalue weighted by molar-refractivity contribution is 6.01. The molecule has 8 heteroatoms. The van der Waals surface area contributed by atoms with Gasteiger partial charge in [0.25, 0.3) is 0 Å². The smallest absolute Gasteiger partial charge is 0.342 e. The van der Waals surface area contributed by atoms with E-state index in [2.05, 4.69) is 0 Å². The number of rotatable bonds is 0. The Morgan fingerprint density at radius 1 is 1.23 bits per heavy atom. The van der Waals surface area contributed by atoms with Crippen molar-refractivity contribution in [3.05, 3.63) is 11.6 Å². The van der Waals surface area contributed by atoms with Gasteiger partial charge in [0, 0.05) is 31.0 Å². The average molecular weight is 367 g/mol. The van der Waals surface area contributed by atoms with Crippen LogP contribution < -0.4 is 0 Å². The molecule has 3 heterocycles. The van der Waals surface area contributed by atoms with E-state index in [1.807, 2.05) is 11.9 Å². The maximum atomic E-state index is 12.9. The Morgan fingerprint density at radius 2 is 1.88 bits per heavy atom. The number of epoxide rings is 1. The molecule has 3 aliphatic heterocycles. The number of ketones is 1. The summed E-state index contributed by atoms with van der Waals surface area (Å²) < 4.78 is 16.3. The van der Waals surface area contributed by atoms with E-state index in [0.29, 0.717) is 19.5 Å². The number of ether oxygens (including phenoxy) is 3. The fourth-order valence-electron chi connectivity index (χ4n) is 3.58. The van der Waals surface area contributed by atoms with Crippen molar-refractivity contribution in [3.8, 4) is 0 Å². The minimum Gasteiger partial charge on any atom is -0.459 e. The third-order valence-corrected chi connectivity index (χ3v) is 5.78. The van der Waals surface area contributed by atoms with Crippen molar-refractivity contribution in [1.29, 1.82) is 0 Å². The van der Waals surface area contributed by atoms with E-state index in [-0.39, 0.29) is 18.0 Å². The number of cyclic esters (lactones) is 1. The van der Waals surface area contributed by atoms with Crippen molar-refractivity contribution < 1.29 is 33.7 Å². The molecule has 0 aromatic carbocycles. The third kappa shape index (κ3) is 2.95. The topological polar surface area (TPSA) is 106 Å². The first-order valence-electron chi connectivity index (χ1n) is 8.81. The van der Waals surface area contributed by atoms with Crippen LogP contribution in [0.15, 0.2) is 11.6 Å². The molecule has 5 atom stereocenters. The number of aliphatic hydroxyl groups is 1. The fraction of sp³-hybridized carbons (Fsp3) is 0.722. The van der Waals surface area contributed by atoms with Crippen LogP contribution in [0.1, 0.15) is 27.2 Å². The van der Waals surface area contributed by atoms with Crippen LogP contribution in [0.4, 0.5) is 0 Å². The van der Waals surface area contributed by atoms with Crippen LogP contribution >= 0.6 is 0 Å². The van der Waals surface area contributed by atoms with Gasteiger partial charge in [-0.05, 0) is 20.9 Å². The maximum Gasteiger partial charge on any atom is 0.342 e. The van der Waals surface area contributed by atoms with E-state index in [9.17, 15) is 19.5 Å². The van der Waals surface area contributed by atoms with Crippen LogP contribution in [0.3, 0.4) is 0 Å². The SMILES string of the molecule is CC1OC12C(=O)OC1CCN(C)C/C=C(/COC(=O)C(C)(O)C2C)C1=O. The zero-order valence-electron chi connectivity index (χ0n) is 15.5. The van der Waals surface area contributed by atoms with Gasteiger partial charge in [0.2, 0.25) is 5.78 Å². The van der Waals surface area contributed by atoms with E-state index < -0.39 is 41.3 Å². The van der Waals surface area contributed by atoms with Crippen molar-refractivity contribution in [2.24, 2.45) is 5.92 Å². The lowest BCUT2D eigenvalue weighted by Crippen LogP contribution is -2.53. The molecule has 26 heavy (non-hydrogen) atoms. The van der Waals surface area contributed by atoms with Gasteiger partial charge in [-0.1, -0.05) is 13.0 Å². The van der Waals surface area contributed by atoms with Crippen LogP contribution in [0.25, 0.3) is 0 Å². The molecule has 0 amide bonds. The number of carbonyl (C=O) groups excluding carboxylic acids is 3. The Morgan fingerprint density at radius 3 is 2.50 bits per heavy atom. The third-order valence-electron chi connectivity index (χ3n) is 5.78. The molecule has 2 fully saturated rings. The summed E-state index contributed by atoms with van der Waals surface area (Å²) in [4.78, 5) is 40.1. The van der Waals surface area contributed by atoms with Crippen molar-refractivity contribution in [1.82, 2.24) is 4.90 Å². The van der Waals surface area contributed by atoms with E-state index in [1.54, 1.807) is 19.9 Å². The number of Topliss-reactive ketones (excluding diaryl/α,β-unsaturated/α-hetero) is 1. The van der Waals surface area contributed by atoms with Crippen LogP contribution in [-0.4, -0.2) is 77.9 Å². The Balaban J connectivity index is 2.02. The zero-order chi connectivity index (χ0) is 19.3. The number of likely N-dealkylation sites (N-methyl/N-ethyl adjacent to an activating group) is 1. The number of hydrogen-bond donors (Lipinski definition) is 1. The predicted octanol–water partition coefficient (Wildman–Crippen LogP) is -0.169. The lowest BCUT2D eigenvalue weighted by molar-refractivity contribution is -0.176. The largest absolute Gasteiger partial charge is 0.459 e. The molecule has 1 N–H and O–H groups in total. The van der Waals surface area contributed by atoms with E-state index in [1.165, 1.54) is 6.92 Å². The second kappa shape index (κ2) is 6.44. The molecule has 3 aliphatic rings. The van der Waals surface area contributed by atoms with Crippen molar-refractivity contribution >= 4 is 17.7 Å². The summed E-state index contributed by atoms with van der Waals surface area (Å²) >= 11 is 0. The number of fused-ring (bicyclic) bond motifs is 2. The van der Waals surface area contributed by atoms with Crippen molar-refractivity contribution in [2.45, 2.75) is 50.6 Å². The predicted molar refractivity (Wildman–Crippen MR) is 89.1 cm³/mol. The van der Waals surface area contributed by atoms with Crippen LogP contribution in [0.2, 0.25) is 0 Å². The highest BCUT2D eigenvalue weighted by Gasteiger charge is 2.70. The summed E-state index contributed by atoms with van der Waals surface area (Å²) in [6, 6.07) is 0. The molecule has 5 unspecified atom stereocenters. The Kier molecular flexibility index (Phi) is 4.71. The maximum absolute atomic E-state index is 12.9. The first-order chi connectivity index (χ1) is 12.1. The molecule has 0 aromatic rings. The van der Waals surface area contributed by atoms with Gasteiger partial charge in [0.15, 0.2) is 17.3 Å². The van der Waals surface area contributed by atoms with Gasteiger partial charge >= 0.3 is 11.9 Å². The van der Waals surface area contributed by atoms with Gasteiger partial charge in [0.05, 0.1) is 6.10 Å². The Labute approximate surface area is 152 Å². The molecule has 8 nitrogen and oxygen atoms in total. The molecule has 0 radical (unpaired) electrons. The van der Waals surface area contributed by atoms with Crippen molar-refractivity contribution in [2.75, 3.05) is 26.7 Å². The Hall–Kier alpha value is -1.77. The first kappa shape index (κ1) is 19.0. The summed E-state index contributed by atoms with van der Waals surface area (Å²) in [6.45, 7) is 5.31. The quantitative estimate of drug-likeness (QED) is 0.465. The second-order valence-corrected chi connectivity index (χ2v) is 7.54. The summed E-state index contributed by atoms with van der Waals surface area (Å²) in [5.74, 6) is -2.91. The van der Waals surface area contributed by atoms with E-state index in [4.69, 9.17) is 14.2 Å². The van der Waals surface area contributed by atoms with Gasteiger partial charge in [-0.2, -0.15) is 0 Å². The molecule has 0 aromatic heterocycles. The zero-order valence-corrected chi connectivity index (χ0v) is 15.5. The van der Waals surface area contributed by atoms with Crippen LogP contribution in [0, 0.1) is 5.92 Å². The van der Waals surface area contributed by atoms with E-state index >= 15 is 0 Å². The summed E-state index contributed by atoms with van der Waals surface area (Å²) in [6.07, 6.45) is 0.490. The normalized spacial score (nSPS) is 44.1. The van der Waals surface area contributed by atoms with Gasteiger partial charge < -0.3 is 24.2 Å². The first-order valence-corrected chi connectivity index (χ1v) is 8.81. The summed E-state index contributed by atoms with van der Waals surface area (Å²) in [5, 5.41) is 10.7.